The van der Waals surface area contributed by atoms with Gasteiger partial charge in [-0.2, -0.15) is 0 Å². The van der Waals surface area contributed by atoms with E-state index in [2.05, 4.69) is 4.98 Å². The van der Waals surface area contributed by atoms with Crippen LogP contribution in [0.5, 0.6) is 5.75 Å². The van der Waals surface area contributed by atoms with E-state index in [1.54, 1.807) is 0 Å². The number of para-hydroxylation sites is 1. The second kappa shape index (κ2) is 6.13. The molecule has 0 fully saturated rings. The number of hydrogen-bond acceptors (Lipinski definition) is 3. The van der Waals surface area contributed by atoms with Gasteiger partial charge in [-0.05, 0) is 26.0 Å². The molecule has 108 valence electrons. The molecule has 1 amide bonds. The molecular weight excluding hydrogens is 278 g/mol. The van der Waals surface area contributed by atoms with Crippen LogP contribution in [0, 0.1) is 0 Å². The Kier molecular flexibility index (Phi) is 4.49. The first kappa shape index (κ1) is 14.7. The van der Waals surface area contributed by atoms with Gasteiger partial charge in [0, 0.05) is 13.0 Å². The summed E-state index contributed by atoms with van der Waals surface area (Å²) in [4.78, 5) is 15.5. The number of fused-ring (bicyclic) bond motifs is 1. The van der Waals surface area contributed by atoms with Crippen LogP contribution in [0.3, 0.4) is 0 Å². The van der Waals surface area contributed by atoms with Gasteiger partial charge in [-0.15, -0.1) is 11.6 Å². The summed E-state index contributed by atoms with van der Waals surface area (Å²) in [5.74, 6) is 1.36. The minimum absolute atomic E-state index is 0.0656. The summed E-state index contributed by atoms with van der Waals surface area (Å²) in [7, 11) is 0. The van der Waals surface area contributed by atoms with Gasteiger partial charge in [-0.1, -0.05) is 6.07 Å². The van der Waals surface area contributed by atoms with E-state index in [9.17, 15) is 4.79 Å². The Morgan fingerprint density at radius 3 is 2.85 bits per heavy atom. The van der Waals surface area contributed by atoms with Crippen LogP contribution >= 0.6 is 11.6 Å². The molecule has 0 aliphatic rings. The van der Waals surface area contributed by atoms with E-state index in [4.69, 9.17) is 22.1 Å². The molecule has 1 heterocycles. The van der Waals surface area contributed by atoms with Crippen LogP contribution in [-0.2, 0) is 17.2 Å². The molecule has 0 bridgehead atoms. The number of carbonyl (C=O) groups is 1. The maximum absolute atomic E-state index is 11.0. The molecule has 0 radical (unpaired) electrons. The maximum Gasteiger partial charge on any atom is 0.219 e. The van der Waals surface area contributed by atoms with Crippen molar-refractivity contribution >= 4 is 28.5 Å². The first-order valence-electron chi connectivity index (χ1n) is 6.52. The summed E-state index contributed by atoms with van der Waals surface area (Å²) in [5, 5.41) is 0. The average Bonchev–Trinajstić information content (AvgIpc) is 2.74. The number of primary amides is 1. The summed E-state index contributed by atoms with van der Waals surface area (Å²) >= 11 is 5.94. The fourth-order valence-corrected chi connectivity index (χ4v) is 2.30. The van der Waals surface area contributed by atoms with Gasteiger partial charge in [-0.25, -0.2) is 4.98 Å². The molecule has 5 nitrogen and oxygen atoms in total. The zero-order chi connectivity index (χ0) is 14.7. The van der Waals surface area contributed by atoms with Gasteiger partial charge in [0.25, 0.3) is 0 Å². The molecular formula is C14H18ClN3O2. The van der Waals surface area contributed by atoms with Crippen LogP contribution < -0.4 is 10.5 Å². The van der Waals surface area contributed by atoms with Crippen LogP contribution in [0.25, 0.3) is 11.0 Å². The van der Waals surface area contributed by atoms with E-state index in [0.717, 1.165) is 16.8 Å². The van der Waals surface area contributed by atoms with E-state index in [0.29, 0.717) is 12.4 Å². The van der Waals surface area contributed by atoms with Gasteiger partial charge in [0.2, 0.25) is 5.91 Å². The van der Waals surface area contributed by atoms with Crippen molar-refractivity contribution in [1.82, 2.24) is 9.55 Å². The Labute approximate surface area is 122 Å². The second-order valence-electron chi connectivity index (χ2n) is 4.82. The standard InChI is InChI=1S/C14H18ClN3O2/c1-9(2)20-11-5-3-4-10-14(11)17-13(8-15)18(10)7-6-12(16)19/h3-5,9H,6-8H2,1-2H3,(H2,16,19). The molecule has 0 aliphatic heterocycles. The van der Waals surface area contributed by atoms with Crippen LogP contribution in [-0.4, -0.2) is 21.6 Å². The Morgan fingerprint density at radius 1 is 1.50 bits per heavy atom. The van der Waals surface area contributed by atoms with Crippen molar-refractivity contribution in [2.75, 3.05) is 0 Å². The largest absolute Gasteiger partial charge is 0.489 e. The lowest BCUT2D eigenvalue weighted by Crippen LogP contribution is -2.14. The predicted molar refractivity (Wildman–Crippen MR) is 78.9 cm³/mol. The van der Waals surface area contributed by atoms with Crippen molar-refractivity contribution in [3.8, 4) is 5.75 Å². The fourth-order valence-electron chi connectivity index (χ4n) is 2.09. The monoisotopic (exact) mass is 295 g/mol. The highest BCUT2D eigenvalue weighted by Crippen LogP contribution is 2.27. The highest BCUT2D eigenvalue weighted by molar-refractivity contribution is 6.16. The normalized spacial score (nSPS) is 11.2. The van der Waals surface area contributed by atoms with Crippen LogP contribution in [0.15, 0.2) is 18.2 Å². The molecule has 0 saturated carbocycles. The second-order valence-corrected chi connectivity index (χ2v) is 5.09. The number of imidazole rings is 1. The van der Waals surface area contributed by atoms with E-state index in [1.807, 2.05) is 36.6 Å². The Morgan fingerprint density at radius 2 is 2.25 bits per heavy atom. The third-order valence-electron chi connectivity index (χ3n) is 2.88. The van der Waals surface area contributed by atoms with Gasteiger partial charge in [0.1, 0.15) is 17.1 Å². The number of aryl methyl sites for hydroxylation is 1. The van der Waals surface area contributed by atoms with E-state index in [-0.39, 0.29) is 24.3 Å². The van der Waals surface area contributed by atoms with Gasteiger partial charge in [0.05, 0.1) is 17.5 Å². The summed E-state index contributed by atoms with van der Waals surface area (Å²) in [6.07, 6.45) is 0.320. The van der Waals surface area contributed by atoms with Gasteiger partial charge < -0.3 is 15.0 Å². The maximum atomic E-state index is 11.0. The lowest BCUT2D eigenvalue weighted by atomic mass is 10.3. The highest BCUT2D eigenvalue weighted by atomic mass is 35.5. The topological polar surface area (TPSA) is 70.1 Å². The molecule has 2 aromatic rings. The molecule has 1 aromatic carbocycles. The summed E-state index contributed by atoms with van der Waals surface area (Å²) < 4.78 is 7.67. The van der Waals surface area contributed by atoms with Gasteiger partial charge >= 0.3 is 0 Å². The predicted octanol–water partition coefficient (Wildman–Crippen LogP) is 2.44. The fraction of sp³-hybridized carbons (Fsp3) is 0.429. The molecule has 20 heavy (non-hydrogen) atoms. The van der Waals surface area contributed by atoms with Crippen molar-refractivity contribution in [2.24, 2.45) is 5.73 Å². The quantitative estimate of drug-likeness (QED) is 0.832. The summed E-state index contributed by atoms with van der Waals surface area (Å²) in [6.45, 7) is 4.40. The molecule has 0 aliphatic carbocycles. The number of nitrogens with zero attached hydrogens (tertiary/aromatic N) is 2. The van der Waals surface area contributed by atoms with Crippen molar-refractivity contribution in [3.05, 3.63) is 24.0 Å². The average molecular weight is 296 g/mol. The number of halogens is 1. The zero-order valence-electron chi connectivity index (χ0n) is 11.6. The van der Waals surface area contributed by atoms with Gasteiger partial charge in [-0.3, -0.25) is 4.79 Å². The number of nitrogens with two attached hydrogens (primary N) is 1. The van der Waals surface area contributed by atoms with E-state index >= 15 is 0 Å². The SMILES string of the molecule is CC(C)Oc1cccc2c1nc(CCl)n2CCC(N)=O. The Bertz CT molecular complexity index is 622. The molecule has 2 N–H and O–H groups in total. The molecule has 0 unspecified atom stereocenters. The number of carbonyl (C=O) groups excluding carboxylic acids is 1. The minimum Gasteiger partial charge on any atom is -0.489 e. The van der Waals surface area contributed by atoms with Crippen molar-refractivity contribution in [1.29, 1.82) is 0 Å². The minimum atomic E-state index is -0.345. The third-order valence-corrected chi connectivity index (χ3v) is 3.12. The van der Waals surface area contributed by atoms with Crippen LogP contribution in [0.2, 0.25) is 0 Å². The van der Waals surface area contributed by atoms with E-state index < -0.39 is 0 Å². The Hall–Kier alpha value is -1.75. The number of ether oxygens (including phenoxy) is 1. The first-order chi connectivity index (χ1) is 9.52. The number of rotatable bonds is 6. The molecule has 0 atom stereocenters. The first-order valence-corrected chi connectivity index (χ1v) is 7.05. The van der Waals surface area contributed by atoms with Crippen LogP contribution in [0.1, 0.15) is 26.1 Å². The molecule has 2 rings (SSSR count). The smallest absolute Gasteiger partial charge is 0.219 e. The van der Waals surface area contributed by atoms with Crippen molar-refractivity contribution < 1.29 is 9.53 Å². The van der Waals surface area contributed by atoms with E-state index in [1.165, 1.54) is 0 Å². The van der Waals surface area contributed by atoms with Gasteiger partial charge in [0.15, 0.2) is 0 Å². The number of amides is 1. The number of hydrogen-bond donors (Lipinski definition) is 1. The molecule has 6 heteroatoms. The zero-order valence-corrected chi connectivity index (χ0v) is 12.4. The molecule has 0 saturated heterocycles. The number of benzene rings is 1. The summed E-state index contributed by atoms with van der Waals surface area (Å²) in [6, 6.07) is 5.72. The van der Waals surface area contributed by atoms with Crippen LogP contribution in [0.4, 0.5) is 0 Å². The number of aromatic nitrogens is 2. The highest BCUT2D eigenvalue weighted by Gasteiger charge is 2.14. The Balaban J connectivity index is 2.48. The lowest BCUT2D eigenvalue weighted by molar-refractivity contribution is -0.118. The third kappa shape index (κ3) is 3.04. The summed E-state index contributed by atoms with van der Waals surface area (Å²) in [5.41, 5.74) is 6.88. The van der Waals surface area contributed by atoms with Crippen molar-refractivity contribution in [3.63, 3.8) is 0 Å². The lowest BCUT2D eigenvalue weighted by Gasteiger charge is -2.10. The van der Waals surface area contributed by atoms with Crippen molar-refractivity contribution in [2.45, 2.75) is 38.8 Å². The molecule has 0 spiro atoms. The molecule has 1 aromatic heterocycles. The number of alkyl halides is 1.